The van der Waals surface area contributed by atoms with E-state index >= 15 is 0 Å². The van der Waals surface area contributed by atoms with E-state index in [0.717, 1.165) is 24.5 Å². The number of ether oxygens (including phenoxy) is 1. The predicted octanol–water partition coefficient (Wildman–Crippen LogP) is 3.04. The molecule has 2 aliphatic heterocycles. The van der Waals surface area contributed by atoms with Gasteiger partial charge in [-0.3, -0.25) is 9.59 Å². The second-order valence-corrected chi connectivity index (χ2v) is 8.06. The first-order chi connectivity index (χ1) is 15.1. The summed E-state index contributed by atoms with van der Waals surface area (Å²) < 4.78 is 18.6. The SMILES string of the molecule is COc1ccccc1N1CCN(C(=O)C2CCN(C(=O)c3ccc(F)cc3)CC2)CC1. The normalized spacial score (nSPS) is 17.5. The van der Waals surface area contributed by atoms with Gasteiger partial charge in [-0.1, -0.05) is 12.1 Å². The molecule has 2 saturated heterocycles. The van der Waals surface area contributed by atoms with Crippen LogP contribution in [-0.2, 0) is 4.79 Å². The number of hydrogen-bond donors (Lipinski definition) is 0. The lowest BCUT2D eigenvalue weighted by Gasteiger charge is -2.39. The molecule has 0 aromatic heterocycles. The highest BCUT2D eigenvalue weighted by molar-refractivity contribution is 5.94. The number of piperazine rings is 1. The highest BCUT2D eigenvalue weighted by atomic mass is 19.1. The van der Waals surface area contributed by atoms with Gasteiger partial charge < -0.3 is 19.4 Å². The fourth-order valence-electron chi connectivity index (χ4n) is 4.42. The van der Waals surface area contributed by atoms with E-state index in [-0.39, 0.29) is 23.5 Å². The quantitative estimate of drug-likeness (QED) is 0.756. The molecule has 0 aliphatic carbocycles. The molecule has 0 radical (unpaired) electrons. The number of nitrogens with zero attached hydrogens (tertiary/aromatic N) is 3. The van der Waals surface area contributed by atoms with Gasteiger partial charge in [-0.2, -0.15) is 0 Å². The predicted molar refractivity (Wildman–Crippen MR) is 117 cm³/mol. The molecule has 2 aromatic rings. The van der Waals surface area contributed by atoms with Crippen molar-refractivity contribution in [3.63, 3.8) is 0 Å². The Labute approximate surface area is 182 Å². The van der Waals surface area contributed by atoms with E-state index in [1.54, 1.807) is 12.0 Å². The number of methoxy groups -OCH3 is 1. The zero-order valence-corrected chi connectivity index (χ0v) is 17.8. The van der Waals surface area contributed by atoms with Crippen molar-refractivity contribution in [2.24, 2.45) is 5.92 Å². The molecule has 0 unspecified atom stereocenters. The van der Waals surface area contributed by atoms with Gasteiger partial charge in [0.2, 0.25) is 5.91 Å². The third-order valence-electron chi connectivity index (χ3n) is 6.24. The molecule has 2 aromatic carbocycles. The van der Waals surface area contributed by atoms with Gasteiger partial charge in [-0.15, -0.1) is 0 Å². The summed E-state index contributed by atoms with van der Waals surface area (Å²) >= 11 is 0. The Kier molecular flexibility index (Phi) is 6.39. The Balaban J connectivity index is 1.28. The van der Waals surface area contributed by atoms with Gasteiger partial charge in [0.05, 0.1) is 12.8 Å². The van der Waals surface area contributed by atoms with Crippen LogP contribution in [0.1, 0.15) is 23.2 Å². The first kappa shape index (κ1) is 21.2. The number of piperidine rings is 1. The van der Waals surface area contributed by atoms with Crippen molar-refractivity contribution in [1.82, 2.24) is 9.80 Å². The fraction of sp³-hybridized carbons (Fsp3) is 0.417. The van der Waals surface area contributed by atoms with Gasteiger partial charge in [0.1, 0.15) is 11.6 Å². The zero-order chi connectivity index (χ0) is 21.8. The van der Waals surface area contributed by atoms with E-state index in [1.165, 1.54) is 24.3 Å². The highest BCUT2D eigenvalue weighted by Gasteiger charge is 2.32. The van der Waals surface area contributed by atoms with Crippen LogP contribution in [0, 0.1) is 11.7 Å². The number of likely N-dealkylation sites (tertiary alicyclic amines) is 1. The highest BCUT2D eigenvalue weighted by Crippen LogP contribution is 2.29. The Morgan fingerprint density at radius 3 is 2.16 bits per heavy atom. The monoisotopic (exact) mass is 425 g/mol. The summed E-state index contributed by atoms with van der Waals surface area (Å²) in [6, 6.07) is 13.6. The molecule has 2 amide bonds. The number of anilines is 1. The maximum atomic E-state index is 13.1. The molecule has 2 heterocycles. The van der Waals surface area contributed by atoms with Gasteiger partial charge in [-0.25, -0.2) is 4.39 Å². The summed E-state index contributed by atoms with van der Waals surface area (Å²) in [6.45, 7) is 4.01. The summed E-state index contributed by atoms with van der Waals surface area (Å²) in [5, 5.41) is 0. The van der Waals surface area contributed by atoms with Crippen molar-refractivity contribution in [2.45, 2.75) is 12.8 Å². The van der Waals surface area contributed by atoms with Crippen LogP contribution in [0.5, 0.6) is 5.75 Å². The Morgan fingerprint density at radius 2 is 1.52 bits per heavy atom. The number of rotatable bonds is 4. The molecule has 4 rings (SSSR count). The first-order valence-electron chi connectivity index (χ1n) is 10.8. The second kappa shape index (κ2) is 9.37. The van der Waals surface area contributed by atoms with Crippen LogP contribution in [0.25, 0.3) is 0 Å². The number of para-hydroxylation sites is 2. The maximum Gasteiger partial charge on any atom is 0.253 e. The van der Waals surface area contributed by atoms with Gasteiger partial charge in [-0.05, 0) is 49.2 Å². The van der Waals surface area contributed by atoms with Crippen molar-refractivity contribution < 1.29 is 18.7 Å². The van der Waals surface area contributed by atoms with Crippen LogP contribution in [-0.4, -0.2) is 68.0 Å². The van der Waals surface area contributed by atoms with E-state index in [0.29, 0.717) is 44.6 Å². The molecule has 2 fully saturated rings. The molecular formula is C24H28FN3O3. The fourth-order valence-corrected chi connectivity index (χ4v) is 4.42. The second-order valence-electron chi connectivity index (χ2n) is 8.06. The first-order valence-corrected chi connectivity index (χ1v) is 10.8. The van der Waals surface area contributed by atoms with E-state index in [1.807, 2.05) is 29.2 Å². The van der Waals surface area contributed by atoms with Gasteiger partial charge >= 0.3 is 0 Å². The minimum absolute atomic E-state index is 0.0462. The van der Waals surface area contributed by atoms with Crippen molar-refractivity contribution in [3.8, 4) is 5.75 Å². The molecule has 6 nitrogen and oxygen atoms in total. The Bertz CT molecular complexity index is 918. The number of hydrogen-bond acceptors (Lipinski definition) is 4. The molecular weight excluding hydrogens is 397 g/mol. The molecule has 164 valence electrons. The van der Waals surface area contributed by atoms with E-state index < -0.39 is 0 Å². The number of benzene rings is 2. The summed E-state index contributed by atoms with van der Waals surface area (Å²) in [5.74, 6) is 0.534. The average molecular weight is 426 g/mol. The third-order valence-corrected chi connectivity index (χ3v) is 6.24. The molecule has 31 heavy (non-hydrogen) atoms. The van der Waals surface area contributed by atoms with Gasteiger partial charge in [0.25, 0.3) is 5.91 Å². The molecule has 0 atom stereocenters. The van der Waals surface area contributed by atoms with Crippen LogP contribution in [0.3, 0.4) is 0 Å². The standard InChI is InChI=1S/C24H28FN3O3/c1-31-22-5-3-2-4-21(22)26-14-16-28(17-15-26)24(30)19-10-12-27(13-11-19)23(29)18-6-8-20(25)9-7-18/h2-9,19H,10-17H2,1H3. The van der Waals surface area contributed by atoms with E-state index in [2.05, 4.69) is 4.90 Å². The van der Waals surface area contributed by atoms with Crippen LogP contribution in [0.15, 0.2) is 48.5 Å². The number of carbonyl (C=O) groups is 2. The lowest BCUT2D eigenvalue weighted by Crippen LogP contribution is -2.52. The largest absolute Gasteiger partial charge is 0.495 e. The van der Waals surface area contributed by atoms with Crippen LogP contribution < -0.4 is 9.64 Å². The van der Waals surface area contributed by atoms with Gasteiger partial charge in [0, 0.05) is 50.7 Å². The molecule has 0 N–H and O–H groups in total. The molecule has 0 bridgehead atoms. The van der Waals surface area contributed by atoms with Crippen LogP contribution >= 0.6 is 0 Å². The Hall–Kier alpha value is -3.09. The third kappa shape index (κ3) is 4.65. The molecule has 0 saturated carbocycles. The van der Waals surface area contributed by atoms with Crippen molar-refractivity contribution in [1.29, 1.82) is 0 Å². The minimum atomic E-state index is -0.355. The number of carbonyl (C=O) groups excluding carboxylic acids is 2. The number of amides is 2. The summed E-state index contributed by atoms with van der Waals surface area (Å²) in [6.07, 6.45) is 1.33. The minimum Gasteiger partial charge on any atom is -0.495 e. The van der Waals surface area contributed by atoms with Crippen LogP contribution in [0.4, 0.5) is 10.1 Å². The Morgan fingerprint density at radius 1 is 0.871 bits per heavy atom. The summed E-state index contributed by atoms with van der Waals surface area (Å²) in [5.41, 5.74) is 1.54. The maximum absolute atomic E-state index is 13.1. The van der Waals surface area contributed by atoms with Crippen molar-refractivity contribution in [2.75, 3.05) is 51.3 Å². The van der Waals surface area contributed by atoms with Crippen LogP contribution in [0.2, 0.25) is 0 Å². The smallest absolute Gasteiger partial charge is 0.253 e. The lowest BCUT2D eigenvalue weighted by atomic mass is 9.94. The summed E-state index contributed by atoms with van der Waals surface area (Å²) in [7, 11) is 1.67. The van der Waals surface area contributed by atoms with Crippen molar-refractivity contribution in [3.05, 3.63) is 59.9 Å². The van der Waals surface area contributed by atoms with E-state index in [4.69, 9.17) is 4.74 Å². The molecule has 7 heteroatoms. The lowest BCUT2D eigenvalue weighted by molar-refractivity contribution is -0.137. The number of halogens is 1. The zero-order valence-electron chi connectivity index (χ0n) is 17.8. The van der Waals surface area contributed by atoms with Crippen molar-refractivity contribution >= 4 is 17.5 Å². The average Bonchev–Trinajstić information content (AvgIpc) is 2.84. The van der Waals surface area contributed by atoms with Gasteiger partial charge in [0.15, 0.2) is 0 Å². The van der Waals surface area contributed by atoms with E-state index in [9.17, 15) is 14.0 Å². The molecule has 2 aliphatic rings. The topological polar surface area (TPSA) is 53.1 Å². The molecule has 0 spiro atoms. The summed E-state index contributed by atoms with van der Waals surface area (Å²) in [4.78, 5) is 31.6.